The van der Waals surface area contributed by atoms with Gasteiger partial charge in [0.15, 0.2) is 0 Å². The maximum Gasteiger partial charge on any atom is 0.427 e. The molecule has 3 rings (SSSR count). The Labute approximate surface area is 134 Å². The summed E-state index contributed by atoms with van der Waals surface area (Å²) in [5.41, 5.74) is 0.843. The Balaban J connectivity index is 1.97. The lowest BCUT2D eigenvalue weighted by molar-refractivity contribution is -0.222. The van der Waals surface area contributed by atoms with Crippen molar-refractivity contribution in [2.24, 2.45) is 0 Å². The standard InChI is InChI=1S/C16H13F3OS2/c17-16(18,19)15(20)10-14(21-11-6-2-1-3-7-11)12-8-4-5-9-13(12)22-15/h1-9,14,20H,10H2. The molecule has 2 atom stereocenters. The second-order valence-electron chi connectivity index (χ2n) is 5.05. The Kier molecular flexibility index (Phi) is 4.18. The van der Waals surface area contributed by atoms with Crippen LogP contribution >= 0.6 is 23.5 Å². The van der Waals surface area contributed by atoms with Gasteiger partial charge in [-0.15, -0.1) is 11.8 Å². The zero-order valence-electron chi connectivity index (χ0n) is 11.4. The number of thioether (sulfide) groups is 2. The van der Waals surface area contributed by atoms with Gasteiger partial charge in [-0.2, -0.15) is 13.2 Å². The fraction of sp³-hybridized carbons (Fsp3) is 0.250. The van der Waals surface area contributed by atoms with Crippen LogP contribution in [0.3, 0.4) is 0 Å². The normalized spacial score (nSPS) is 24.8. The third kappa shape index (κ3) is 3.00. The van der Waals surface area contributed by atoms with Gasteiger partial charge in [-0.05, 0) is 23.8 Å². The maximum atomic E-state index is 13.3. The van der Waals surface area contributed by atoms with Gasteiger partial charge in [-0.1, -0.05) is 48.2 Å². The van der Waals surface area contributed by atoms with Crippen molar-refractivity contribution in [1.82, 2.24) is 0 Å². The second-order valence-corrected chi connectivity index (χ2v) is 7.64. The number of rotatable bonds is 2. The molecule has 0 saturated carbocycles. The fourth-order valence-corrected chi connectivity index (χ4v) is 5.05. The van der Waals surface area contributed by atoms with Crippen molar-refractivity contribution in [2.75, 3.05) is 0 Å². The smallest absolute Gasteiger partial charge is 0.371 e. The largest absolute Gasteiger partial charge is 0.427 e. The summed E-state index contributed by atoms with van der Waals surface area (Å²) in [5, 5.41) is 9.69. The first-order valence-corrected chi connectivity index (χ1v) is 8.37. The van der Waals surface area contributed by atoms with Gasteiger partial charge in [0.05, 0.1) is 0 Å². The van der Waals surface area contributed by atoms with Gasteiger partial charge in [0, 0.05) is 21.5 Å². The molecule has 22 heavy (non-hydrogen) atoms. The van der Waals surface area contributed by atoms with E-state index in [2.05, 4.69) is 0 Å². The highest BCUT2D eigenvalue weighted by Gasteiger charge is 2.57. The molecule has 0 bridgehead atoms. The van der Waals surface area contributed by atoms with Crippen LogP contribution in [0.4, 0.5) is 13.2 Å². The molecule has 1 aliphatic rings. The van der Waals surface area contributed by atoms with E-state index in [1.807, 2.05) is 42.5 Å². The molecule has 0 spiro atoms. The lowest BCUT2D eigenvalue weighted by Crippen LogP contribution is -2.44. The van der Waals surface area contributed by atoms with Crippen molar-refractivity contribution in [1.29, 1.82) is 0 Å². The molecule has 2 unspecified atom stereocenters. The van der Waals surface area contributed by atoms with Crippen LogP contribution in [-0.4, -0.2) is 16.2 Å². The number of hydrogen-bond acceptors (Lipinski definition) is 3. The molecular weight excluding hydrogens is 329 g/mol. The predicted octanol–water partition coefficient (Wildman–Crippen LogP) is 5.27. The van der Waals surface area contributed by atoms with Crippen LogP contribution in [0.25, 0.3) is 0 Å². The Bertz CT molecular complexity index is 660. The summed E-state index contributed by atoms with van der Waals surface area (Å²) in [4.78, 5) is -1.37. The van der Waals surface area contributed by atoms with Crippen molar-refractivity contribution in [3.8, 4) is 0 Å². The van der Waals surface area contributed by atoms with E-state index in [0.29, 0.717) is 16.7 Å². The lowest BCUT2D eigenvalue weighted by Gasteiger charge is -2.38. The molecule has 1 aliphatic heterocycles. The van der Waals surface area contributed by atoms with E-state index in [9.17, 15) is 18.3 Å². The minimum absolute atomic E-state index is 0.363. The topological polar surface area (TPSA) is 20.2 Å². The fourth-order valence-electron chi connectivity index (χ4n) is 2.37. The molecule has 0 saturated heterocycles. The van der Waals surface area contributed by atoms with Crippen LogP contribution < -0.4 is 0 Å². The molecule has 116 valence electrons. The first-order valence-electron chi connectivity index (χ1n) is 6.68. The van der Waals surface area contributed by atoms with Gasteiger partial charge in [0.25, 0.3) is 0 Å². The average Bonchev–Trinajstić information content (AvgIpc) is 2.47. The van der Waals surface area contributed by atoms with Crippen molar-refractivity contribution in [3.05, 3.63) is 60.2 Å². The van der Waals surface area contributed by atoms with Crippen LogP contribution in [0.15, 0.2) is 64.4 Å². The number of halogens is 3. The third-order valence-corrected chi connectivity index (χ3v) is 6.05. The minimum atomic E-state index is -4.67. The van der Waals surface area contributed by atoms with Crippen molar-refractivity contribution < 1.29 is 18.3 Å². The highest BCUT2D eigenvalue weighted by Crippen LogP contribution is 2.57. The summed E-state index contributed by atoms with van der Waals surface area (Å²) < 4.78 is 39.8. The zero-order valence-corrected chi connectivity index (χ0v) is 13.0. The summed E-state index contributed by atoms with van der Waals surface area (Å²) in [6, 6.07) is 16.3. The molecule has 1 N–H and O–H groups in total. The van der Waals surface area contributed by atoms with E-state index < -0.39 is 16.4 Å². The number of fused-ring (bicyclic) bond motifs is 1. The van der Waals surface area contributed by atoms with Crippen LogP contribution in [0, 0.1) is 0 Å². The summed E-state index contributed by atoms with van der Waals surface area (Å²) >= 11 is 1.85. The SMILES string of the molecule is OC1(C(F)(F)F)CC(Sc2ccccc2)c2ccccc2S1. The molecule has 2 aromatic rings. The molecule has 0 aliphatic carbocycles. The summed E-state index contributed by atoms with van der Waals surface area (Å²) in [6.07, 6.45) is -5.03. The average molecular weight is 342 g/mol. The molecule has 0 fully saturated rings. The van der Waals surface area contributed by atoms with E-state index in [4.69, 9.17) is 0 Å². The molecule has 1 heterocycles. The number of hydrogen-bond donors (Lipinski definition) is 1. The molecule has 0 amide bonds. The number of benzene rings is 2. The molecule has 6 heteroatoms. The van der Waals surface area contributed by atoms with Gasteiger partial charge < -0.3 is 5.11 Å². The molecular formula is C16H13F3OS2. The van der Waals surface area contributed by atoms with E-state index in [1.165, 1.54) is 11.8 Å². The first-order chi connectivity index (χ1) is 10.4. The van der Waals surface area contributed by atoms with Crippen LogP contribution in [-0.2, 0) is 0 Å². The van der Waals surface area contributed by atoms with Crippen LogP contribution in [0.5, 0.6) is 0 Å². The maximum absolute atomic E-state index is 13.3. The molecule has 0 radical (unpaired) electrons. The summed E-state index contributed by atoms with van der Waals surface area (Å²) in [7, 11) is 0. The molecule has 2 aromatic carbocycles. The third-order valence-electron chi connectivity index (χ3n) is 3.47. The number of alkyl halides is 3. The van der Waals surface area contributed by atoms with Crippen molar-refractivity contribution in [2.45, 2.75) is 32.6 Å². The highest BCUT2D eigenvalue weighted by atomic mass is 32.2. The summed E-state index contributed by atoms with van der Waals surface area (Å²) in [6.45, 7) is 0. The predicted molar refractivity (Wildman–Crippen MR) is 83.0 cm³/mol. The Morgan fingerprint density at radius 2 is 1.68 bits per heavy atom. The molecule has 1 nitrogen and oxygen atoms in total. The van der Waals surface area contributed by atoms with Crippen LogP contribution in [0.2, 0.25) is 0 Å². The van der Waals surface area contributed by atoms with Gasteiger partial charge in [-0.25, -0.2) is 0 Å². The van der Waals surface area contributed by atoms with Crippen molar-refractivity contribution in [3.63, 3.8) is 0 Å². The van der Waals surface area contributed by atoms with E-state index >= 15 is 0 Å². The van der Waals surface area contributed by atoms with E-state index in [0.717, 1.165) is 10.5 Å². The Morgan fingerprint density at radius 1 is 1.05 bits per heavy atom. The van der Waals surface area contributed by atoms with Gasteiger partial charge in [0.1, 0.15) is 0 Å². The monoisotopic (exact) mass is 342 g/mol. The molecule has 0 aromatic heterocycles. The number of aliphatic hydroxyl groups is 1. The van der Waals surface area contributed by atoms with Gasteiger partial charge in [-0.3, -0.25) is 0 Å². The van der Waals surface area contributed by atoms with Crippen LogP contribution in [0.1, 0.15) is 17.2 Å². The van der Waals surface area contributed by atoms with E-state index in [1.54, 1.807) is 12.1 Å². The Morgan fingerprint density at radius 3 is 2.36 bits per heavy atom. The second kappa shape index (κ2) is 5.83. The zero-order chi connectivity index (χ0) is 15.8. The first kappa shape index (κ1) is 15.8. The van der Waals surface area contributed by atoms with Gasteiger partial charge in [0.2, 0.25) is 4.93 Å². The van der Waals surface area contributed by atoms with Gasteiger partial charge >= 0.3 is 6.18 Å². The quantitative estimate of drug-likeness (QED) is 0.803. The van der Waals surface area contributed by atoms with E-state index in [-0.39, 0.29) is 6.42 Å². The van der Waals surface area contributed by atoms with Crippen molar-refractivity contribution >= 4 is 23.5 Å². The lowest BCUT2D eigenvalue weighted by atomic mass is 10.0. The minimum Gasteiger partial charge on any atom is -0.371 e. The Hall–Kier alpha value is -1.11. The highest BCUT2D eigenvalue weighted by molar-refractivity contribution is 8.01. The summed E-state index contributed by atoms with van der Waals surface area (Å²) in [5.74, 6) is 0.